The van der Waals surface area contributed by atoms with Crippen LogP contribution in [0.2, 0.25) is 0 Å². The molecule has 1 aromatic heterocycles. The molecular weight excluding hydrogens is 520 g/mol. The molecule has 1 atom stereocenters. The third kappa shape index (κ3) is 8.35. The number of nitrogens with one attached hydrogen (secondary N) is 1. The van der Waals surface area contributed by atoms with Gasteiger partial charge < -0.3 is 11.1 Å². The molecule has 1 aliphatic rings. The van der Waals surface area contributed by atoms with E-state index in [-0.39, 0.29) is 17.8 Å². The first kappa shape index (κ1) is 30.3. The zero-order valence-corrected chi connectivity index (χ0v) is 22.0. The van der Waals surface area contributed by atoms with Crippen LogP contribution in [0.5, 0.6) is 0 Å². The van der Waals surface area contributed by atoms with Crippen LogP contribution >= 0.6 is 0 Å². The normalized spacial score (nSPS) is 14.7. The van der Waals surface area contributed by atoms with Gasteiger partial charge in [-0.2, -0.15) is 18.4 Å². The SMILES string of the molecule is C=C(/C=C(/C=O)Nc1cccc(C#N)c1)C(F)(F)F.Cc1cc(C(N)(CCC2CC2)c2cccnc2)ccc1F. The number of carbonyl (C=O) groups is 1. The molecule has 1 fully saturated rings. The van der Waals surface area contributed by atoms with E-state index < -0.39 is 17.3 Å². The lowest BCUT2D eigenvalue weighted by Crippen LogP contribution is -2.38. The van der Waals surface area contributed by atoms with Crippen molar-refractivity contribution in [1.29, 1.82) is 5.26 Å². The predicted octanol–water partition coefficient (Wildman–Crippen LogP) is 7.09. The summed E-state index contributed by atoms with van der Waals surface area (Å²) < 4.78 is 50.4. The molecule has 4 rings (SSSR count). The number of hydrogen-bond acceptors (Lipinski definition) is 5. The number of nitriles is 1. The Kier molecular flexibility index (Phi) is 9.97. The maximum Gasteiger partial charge on any atom is 0.415 e. The second-order valence-corrected chi connectivity index (χ2v) is 9.72. The topological polar surface area (TPSA) is 91.8 Å². The zero-order chi connectivity index (χ0) is 29.3. The number of hydrogen-bond donors (Lipinski definition) is 2. The molecule has 1 unspecified atom stereocenters. The van der Waals surface area contributed by atoms with Crippen molar-refractivity contribution in [1.82, 2.24) is 4.98 Å². The quantitative estimate of drug-likeness (QED) is 0.128. The Hall–Kier alpha value is -4.29. The van der Waals surface area contributed by atoms with E-state index in [9.17, 15) is 22.4 Å². The van der Waals surface area contributed by atoms with Crippen LogP contribution in [0.4, 0.5) is 23.2 Å². The lowest BCUT2D eigenvalue weighted by molar-refractivity contribution is -0.104. The fourth-order valence-electron chi connectivity index (χ4n) is 4.04. The van der Waals surface area contributed by atoms with Gasteiger partial charge in [0.2, 0.25) is 0 Å². The molecule has 0 spiro atoms. The van der Waals surface area contributed by atoms with Gasteiger partial charge in [-0.15, -0.1) is 0 Å². The molecule has 9 heteroatoms. The smallest absolute Gasteiger partial charge is 0.353 e. The van der Waals surface area contributed by atoms with Crippen LogP contribution in [0.25, 0.3) is 0 Å². The number of halogens is 4. The van der Waals surface area contributed by atoms with Crippen LogP contribution in [-0.4, -0.2) is 17.4 Å². The number of benzene rings is 2. The summed E-state index contributed by atoms with van der Waals surface area (Å²) in [4.78, 5) is 14.9. The average molecular weight is 551 g/mol. The van der Waals surface area contributed by atoms with Crippen molar-refractivity contribution in [2.75, 3.05) is 5.32 Å². The number of nitrogens with zero attached hydrogens (tertiary/aromatic N) is 2. The van der Waals surface area contributed by atoms with Crippen LogP contribution < -0.4 is 11.1 Å². The zero-order valence-electron chi connectivity index (χ0n) is 22.0. The Balaban J connectivity index is 0.000000222. The van der Waals surface area contributed by atoms with Crippen LogP contribution in [-0.2, 0) is 10.3 Å². The van der Waals surface area contributed by atoms with E-state index in [0.29, 0.717) is 22.9 Å². The third-order valence-corrected chi connectivity index (χ3v) is 6.59. The lowest BCUT2D eigenvalue weighted by atomic mass is 9.80. The minimum absolute atomic E-state index is 0.186. The fourth-order valence-corrected chi connectivity index (χ4v) is 4.04. The number of nitrogens with two attached hydrogens (primary N) is 1. The van der Waals surface area contributed by atoms with Gasteiger partial charge in [-0.05, 0) is 78.8 Å². The third-order valence-electron chi connectivity index (χ3n) is 6.59. The lowest BCUT2D eigenvalue weighted by Gasteiger charge is -2.31. The van der Waals surface area contributed by atoms with Gasteiger partial charge in [-0.25, -0.2) is 4.39 Å². The summed E-state index contributed by atoms with van der Waals surface area (Å²) in [6.45, 7) is 4.62. The highest BCUT2D eigenvalue weighted by Gasteiger charge is 2.33. The monoisotopic (exact) mass is 550 g/mol. The molecule has 208 valence electrons. The summed E-state index contributed by atoms with van der Waals surface area (Å²) in [5.41, 5.74) is 8.02. The van der Waals surface area contributed by atoms with E-state index in [1.165, 1.54) is 37.1 Å². The van der Waals surface area contributed by atoms with Gasteiger partial charge >= 0.3 is 6.18 Å². The fraction of sp³-hybridized carbons (Fsp3) is 0.258. The summed E-state index contributed by atoms with van der Waals surface area (Å²) in [5.74, 6) is 0.626. The highest BCUT2D eigenvalue weighted by molar-refractivity contribution is 5.80. The molecule has 2 aromatic carbocycles. The molecule has 0 aliphatic heterocycles. The second-order valence-electron chi connectivity index (χ2n) is 9.72. The number of rotatable bonds is 9. The van der Waals surface area contributed by atoms with Crippen molar-refractivity contribution in [3.63, 3.8) is 0 Å². The number of anilines is 1. The first-order valence-electron chi connectivity index (χ1n) is 12.6. The first-order valence-corrected chi connectivity index (χ1v) is 12.6. The summed E-state index contributed by atoms with van der Waals surface area (Å²) >= 11 is 0. The van der Waals surface area contributed by atoms with E-state index in [2.05, 4.69) is 16.9 Å². The molecule has 1 saturated carbocycles. The number of allylic oxidation sites excluding steroid dienone is 3. The van der Waals surface area contributed by atoms with Crippen LogP contribution in [0.1, 0.15) is 47.9 Å². The molecule has 0 radical (unpaired) electrons. The Morgan fingerprint density at radius 2 is 1.93 bits per heavy atom. The molecule has 0 bridgehead atoms. The van der Waals surface area contributed by atoms with E-state index in [1.807, 2.05) is 36.5 Å². The second kappa shape index (κ2) is 13.2. The Morgan fingerprint density at radius 1 is 1.18 bits per heavy atom. The maximum atomic E-state index is 13.6. The molecule has 0 saturated heterocycles. The van der Waals surface area contributed by atoms with Crippen molar-refractivity contribution in [3.8, 4) is 6.07 Å². The van der Waals surface area contributed by atoms with E-state index in [4.69, 9.17) is 11.0 Å². The Morgan fingerprint density at radius 3 is 2.50 bits per heavy atom. The predicted molar refractivity (Wildman–Crippen MR) is 146 cm³/mol. The van der Waals surface area contributed by atoms with Gasteiger partial charge in [0.05, 0.1) is 28.4 Å². The molecule has 3 N–H and O–H groups in total. The largest absolute Gasteiger partial charge is 0.415 e. The molecular formula is C31H30F4N4O. The summed E-state index contributed by atoms with van der Waals surface area (Å²) in [7, 11) is 0. The van der Waals surface area contributed by atoms with Gasteiger partial charge in [-0.3, -0.25) is 9.78 Å². The number of alkyl halides is 3. The number of pyridine rings is 1. The van der Waals surface area contributed by atoms with E-state index in [1.54, 1.807) is 19.2 Å². The van der Waals surface area contributed by atoms with Crippen molar-refractivity contribution in [3.05, 3.63) is 119 Å². The molecule has 5 nitrogen and oxygen atoms in total. The Labute approximate surface area is 231 Å². The standard InChI is InChI=1S/C18H21FN2.C13H9F3N2O/c1-13-11-15(6-7-17(13)19)18(20,9-8-14-4-5-14)16-3-2-10-21-12-16;1-9(13(14,15)16)5-12(8-19)18-11-4-2-3-10(6-11)7-17/h2-3,6-7,10-12,14H,4-5,8-9,20H2,1H3;2-6,8,18H,1H2/b;12-5-. The summed E-state index contributed by atoms with van der Waals surface area (Å²) in [6.07, 6.45) is 4.44. The van der Waals surface area contributed by atoms with Gasteiger partial charge in [0, 0.05) is 18.1 Å². The van der Waals surface area contributed by atoms with Crippen molar-refractivity contribution in [2.24, 2.45) is 11.7 Å². The summed E-state index contributed by atoms with van der Waals surface area (Å²) in [5, 5.41) is 11.2. The minimum Gasteiger partial charge on any atom is -0.353 e. The molecule has 0 amide bonds. The van der Waals surface area contributed by atoms with Crippen LogP contribution in [0, 0.1) is 30.0 Å². The molecule has 3 aromatic rings. The molecule has 1 heterocycles. The van der Waals surface area contributed by atoms with Crippen LogP contribution in [0.3, 0.4) is 0 Å². The van der Waals surface area contributed by atoms with Gasteiger partial charge in [0.1, 0.15) is 5.82 Å². The van der Waals surface area contributed by atoms with E-state index in [0.717, 1.165) is 29.9 Å². The van der Waals surface area contributed by atoms with Crippen molar-refractivity contribution >= 4 is 12.0 Å². The van der Waals surface area contributed by atoms with Crippen molar-refractivity contribution in [2.45, 2.75) is 44.3 Å². The molecule has 1 aliphatic carbocycles. The number of aromatic nitrogens is 1. The highest BCUT2D eigenvalue weighted by atomic mass is 19.4. The van der Waals surface area contributed by atoms with Gasteiger partial charge in [-0.1, -0.05) is 43.7 Å². The van der Waals surface area contributed by atoms with Gasteiger partial charge in [0.25, 0.3) is 0 Å². The van der Waals surface area contributed by atoms with Gasteiger partial charge in [0.15, 0.2) is 6.29 Å². The first-order chi connectivity index (χ1) is 19.0. The van der Waals surface area contributed by atoms with Crippen molar-refractivity contribution < 1.29 is 22.4 Å². The minimum atomic E-state index is -4.59. The molecule has 40 heavy (non-hydrogen) atoms. The van der Waals surface area contributed by atoms with Crippen LogP contribution in [0.15, 0.2) is 90.9 Å². The maximum absolute atomic E-state index is 13.6. The summed E-state index contributed by atoms with van der Waals surface area (Å²) in [6, 6.07) is 17.0. The van der Waals surface area contributed by atoms with E-state index >= 15 is 0 Å². The number of aldehydes is 1. The Bertz CT molecular complexity index is 1410. The highest BCUT2D eigenvalue weighted by Crippen LogP contribution is 2.39. The number of aryl methyl sites for hydroxylation is 1. The average Bonchev–Trinajstić information content (AvgIpc) is 3.78. The number of carbonyl (C=O) groups excluding carboxylic acids is 1.